The molecule has 12 heavy (non-hydrogen) atoms. The molecule has 0 radical (unpaired) electrons. The van der Waals surface area contributed by atoms with Gasteiger partial charge in [0.25, 0.3) is 0 Å². The summed E-state index contributed by atoms with van der Waals surface area (Å²) in [5.74, 6) is 0.903. The Morgan fingerprint density at radius 2 is 2.08 bits per heavy atom. The van der Waals surface area contributed by atoms with E-state index in [1.807, 2.05) is 0 Å². The third-order valence-electron chi connectivity index (χ3n) is 3.18. The molecule has 0 saturated heterocycles. The van der Waals surface area contributed by atoms with Crippen LogP contribution < -0.4 is 10.4 Å². The monoisotopic (exact) mass is 156 g/mol. The average molecular weight is 156 g/mol. The Morgan fingerprint density at radius 3 is 2.92 bits per heavy atom. The zero-order valence-corrected chi connectivity index (χ0v) is 7.09. The maximum Gasteiger partial charge on any atom is -0.0156 e. The number of hydrogen-bond acceptors (Lipinski definition) is 0. The Bertz CT molecular complexity index is 426. The van der Waals surface area contributed by atoms with E-state index in [1.165, 1.54) is 29.7 Å². The Hall–Kier alpha value is -1.04. The van der Waals surface area contributed by atoms with Gasteiger partial charge in [-0.3, -0.25) is 0 Å². The number of benzene rings is 1. The van der Waals surface area contributed by atoms with E-state index in [4.69, 9.17) is 0 Å². The van der Waals surface area contributed by atoms with Gasteiger partial charge in [-0.2, -0.15) is 0 Å². The summed E-state index contributed by atoms with van der Waals surface area (Å²) >= 11 is 0. The molecule has 1 unspecified atom stereocenters. The highest BCUT2D eigenvalue weighted by molar-refractivity contribution is 5.58. The van der Waals surface area contributed by atoms with Gasteiger partial charge in [0.15, 0.2) is 0 Å². The van der Waals surface area contributed by atoms with Crippen molar-refractivity contribution in [2.45, 2.75) is 19.3 Å². The van der Waals surface area contributed by atoms with Gasteiger partial charge in [-0.15, -0.1) is 0 Å². The zero-order chi connectivity index (χ0) is 7.97. The van der Waals surface area contributed by atoms with Crippen LogP contribution in [0.2, 0.25) is 0 Å². The minimum absolute atomic E-state index is 0.903. The predicted octanol–water partition coefficient (Wildman–Crippen LogP) is 1.43. The molecule has 0 N–H and O–H groups in total. The smallest absolute Gasteiger partial charge is 0.0156 e. The van der Waals surface area contributed by atoms with Gasteiger partial charge in [-0.25, -0.2) is 0 Å². The molecule has 0 bridgehead atoms. The Morgan fingerprint density at radius 1 is 1.17 bits per heavy atom. The fourth-order valence-corrected chi connectivity index (χ4v) is 2.34. The largest absolute Gasteiger partial charge is 0.0761 e. The topological polar surface area (TPSA) is 0 Å². The molecular formula is C12H12. The van der Waals surface area contributed by atoms with Crippen molar-refractivity contribution >= 4 is 11.6 Å². The van der Waals surface area contributed by atoms with Crippen molar-refractivity contribution in [1.82, 2.24) is 0 Å². The highest BCUT2D eigenvalue weighted by Crippen LogP contribution is 2.37. The lowest BCUT2D eigenvalue weighted by atomic mass is 9.74. The molecule has 2 aliphatic rings. The first-order chi connectivity index (χ1) is 5.95. The summed E-state index contributed by atoms with van der Waals surface area (Å²) in [6.07, 6.45) is 6.44. The lowest BCUT2D eigenvalue weighted by Crippen LogP contribution is -2.36. The molecule has 0 amide bonds. The van der Waals surface area contributed by atoms with Crippen molar-refractivity contribution in [3.8, 4) is 0 Å². The molecule has 2 aliphatic carbocycles. The Labute approximate surface area is 72.2 Å². The highest BCUT2D eigenvalue weighted by Gasteiger charge is 2.25. The van der Waals surface area contributed by atoms with Crippen LogP contribution in [0.25, 0.3) is 11.6 Å². The van der Waals surface area contributed by atoms with Crippen LogP contribution in [0.3, 0.4) is 0 Å². The summed E-state index contributed by atoms with van der Waals surface area (Å²) in [6.45, 7) is 0. The van der Waals surface area contributed by atoms with Crippen LogP contribution >= 0.6 is 0 Å². The first-order valence-corrected chi connectivity index (χ1v) is 4.73. The number of rotatable bonds is 0. The van der Waals surface area contributed by atoms with E-state index in [2.05, 4.69) is 30.3 Å². The molecule has 0 nitrogen and oxygen atoms in total. The number of fused-ring (bicyclic) bond motifs is 2. The summed E-state index contributed by atoms with van der Waals surface area (Å²) in [6, 6.07) is 8.79. The van der Waals surface area contributed by atoms with E-state index in [0.29, 0.717) is 0 Å². The predicted molar refractivity (Wildman–Crippen MR) is 50.9 cm³/mol. The lowest BCUT2D eigenvalue weighted by Gasteiger charge is -2.31. The van der Waals surface area contributed by atoms with Crippen LogP contribution in [-0.4, -0.2) is 0 Å². The third kappa shape index (κ3) is 0.726. The van der Waals surface area contributed by atoms with Gasteiger partial charge >= 0.3 is 0 Å². The molecule has 0 heteroatoms. The highest BCUT2D eigenvalue weighted by atomic mass is 14.3. The molecule has 0 spiro atoms. The fraction of sp³-hybridized carbons (Fsp3) is 0.333. The maximum atomic E-state index is 2.39. The first kappa shape index (κ1) is 6.47. The number of hydrogen-bond donors (Lipinski definition) is 0. The van der Waals surface area contributed by atoms with Crippen LogP contribution in [0.1, 0.15) is 19.3 Å². The van der Waals surface area contributed by atoms with Gasteiger partial charge in [0, 0.05) is 0 Å². The van der Waals surface area contributed by atoms with Crippen LogP contribution in [0.5, 0.6) is 0 Å². The quantitative estimate of drug-likeness (QED) is 0.533. The van der Waals surface area contributed by atoms with Gasteiger partial charge in [0.2, 0.25) is 0 Å². The molecule has 60 valence electrons. The average Bonchev–Trinajstić information content (AvgIpc) is 2.05. The van der Waals surface area contributed by atoms with Gasteiger partial charge in [-0.05, 0) is 35.6 Å². The maximum absolute atomic E-state index is 2.39. The van der Waals surface area contributed by atoms with Crippen molar-refractivity contribution in [3.63, 3.8) is 0 Å². The molecule has 3 rings (SSSR count). The van der Waals surface area contributed by atoms with Crippen molar-refractivity contribution in [1.29, 1.82) is 0 Å². The summed E-state index contributed by atoms with van der Waals surface area (Å²) in [5, 5.41) is 2.99. The van der Waals surface area contributed by atoms with Gasteiger partial charge < -0.3 is 0 Å². The Balaban J connectivity index is 2.43. The van der Waals surface area contributed by atoms with E-state index < -0.39 is 0 Å². The van der Waals surface area contributed by atoms with E-state index in [-0.39, 0.29) is 0 Å². The second-order valence-corrected chi connectivity index (χ2v) is 3.79. The zero-order valence-electron chi connectivity index (χ0n) is 7.09. The first-order valence-electron chi connectivity index (χ1n) is 4.73. The van der Waals surface area contributed by atoms with Crippen molar-refractivity contribution in [2.75, 3.05) is 0 Å². The summed E-state index contributed by atoms with van der Waals surface area (Å²) in [7, 11) is 0. The normalized spacial score (nSPS) is 25.0. The lowest BCUT2D eigenvalue weighted by molar-refractivity contribution is 0.524. The minimum Gasteiger partial charge on any atom is -0.0761 e. The fourth-order valence-electron chi connectivity index (χ4n) is 2.34. The molecule has 1 fully saturated rings. The van der Waals surface area contributed by atoms with E-state index in [9.17, 15) is 0 Å². The van der Waals surface area contributed by atoms with Crippen LogP contribution in [0.15, 0.2) is 24.3 Å². The van der Waals surface area contributed by atoms with Crippen molar-refractivity contribution in [2.24, 2.45) is 5.92 Å². The summed E-state index contributed by atoms with van der Waals surface area (Å²) < 4.78 is 0. The summed E-state index contributed by atoms with van der Waals surface area (Å²) in [4.78, 5) is 0. The van der Waals surface area contributed by atoms with Gasteiger partial charge in [-0.1, -0.05) is 35.9 Å². The molecule has 1 aromatic carbocycles. The SMILES string of the molecule is C1=c2ccccc2=C2CCC2C1. The Kier molecular flexibility index (Phi) is 1.20. The molecule has 0 aliphatic heterocycles. The van der Waals surface area contributed by atoms with Crippen LogP contribution in [0.4, 0.5) is 0 Å². The van der Waals surface area contributed by atoms with Crippen LogP contribution in [-0.2, 0) is 0 Å². The van der Waals surface area contributed by atoms with E-state index in [1.54, 1.807) is 5.57 Å². The van der Waals surface area contributed by atoms with Gasteiger partial charge in [0.05, 0.1) is 0 Å². The summed E-state index contributed by atoms with van der Waals surface area (Å²) in [5.41, 5.74) is 1.72. The van der Waals surface area contributed by atoms with E-state index in [0.717, 1.165) is 5.92 Å². The van der Waals surface area contributed by atoms with E-state index >= 15 is 0 Å². The molecule has 1 saturated carbocycles. The van der Waals surface area contributed by atoms with Gasteiger partial charge in [0.1, 0.15) is 0 Å². The molecule has 1 atom stereocenters. The molecular weight excluding hydrogens is 144 g/mol. The second kappa shape index (κ2) is 2.22. The molecule has 1 aromatic rings. The minimum atomic E-state index is 0.903. The molecule has 0 aromatic heterocycles. The van der Waals surface area contributed by atoms with Crippen molar-refractivity contribution < 1.29 is 0 Å². The standard InChI is InChI=1S/C12H12/c1-2-4-11-9(3-1)5-6-10-7-8-12(10)11/h1-5,10H,6-8H2. The van der Waals surface area contributed by atoms with Crippen molar-refractivity contribution in [3.05, 3.63) is 34.7 Å². The molecule has 0 heterocycles. The third-order valence-corrected chi connectivity index (χ3v) is 3.18. The van der Waals surface area contributed by atoms with Crippen LogP contribution in [0, 0.1) is 5.92 Å². The second-order valence-electron chi connectivity index (χ2n) is 3.79.